The van der Waals surface area contributed by atoms with Crippen LogP contribution in [0, 0.1) is 0 Å². The number of hydrogen-bond donors (Lipinski definition) is 2. The molecule has 2 N–H and O–H groups in total. The average Bonchev–Trinajstić information content (AvgIpc) is 2.78. The van der Waals surface area contributed by atoms with Gasteiger partial charge in [-0.05, 0) is 65.5 Å². The van der Waals surface area contributed by atoms with Gasteiger partial charge in [0.15, 0.2) is 5.11 Å². The molecule has 11 heteroatoms. The van der Waals surface area contributed by atoms with E-state index in [2.05, 4.69) is 59.3 Å². The molecule has 1 amide bonds. The van der Waals surface area contributed by atoms with Crippen LogP contribution in [-0.4, -0.2) is 69.3 Å². The predicted octanol–water partition coefficient (Wildman–Crippen LogP) is 3.89. The molecule has 2 aromatic rings. The molecule has 1 heterocycles. The molecule has 0 aromatic heterocycles. The number of thiocarbonyl (C=S) groups is 1. The minimum Gasteiger partial charge on any atom is -0.495 e. The lowest BCUT2D eigenvalue weighted by atomic mass is 10.1. The molecular weight excluding hydrogens is 576 g/mol. The largest absolute Gasteiger partial charge is 0.495 e. The summed E-state index contributed by atoms with van der Waals surface area (Å²) in [6.07, 6.45) is 0. The summed E-state index contributed by atoms with van der Waals surface area (Å²) in [5, 5.41) is 5.86. The first-order chi connectivity index (χ1) is 15.7. The Morgan fingerprint density at radius 1 is 1.06 bits per heavy atom. The van der Waals surface area contributed by atoms with Crippen LogP contribution in [0.1, 0.15) is 20.7 Å². The average molecular weight is 600 g/mol. The van der Waals surface area contributed by atoms with Crippen molar-refractivity contribution in [3.8, 4) is 5.75 Å². The number of esters is 1. The zero-order valence-electron chi connectivity index (χ0n) is 18.4. The van der Waals surface area contributed by atoms with Gasteiger partial charge in [0.05, 0.1) is 41.2 Å². The van der Waals surface area contributed by atoms with Crippen molar-refractivity contribution in [3.63, 3.8) is 0 Å². The second-order valence-electron chi connectivity index (χ2n) is 7.39. The first kappa shape index (κ1) is 25.4. The van der Waals surface area contributed by atoms with Gasteiger partial charge in [0.25, 0.3) is 5.91 Å². The van der Waals surface area contributed by atoms with E-state index in [0.717, 1.165) is 31.9 Å². The second kappa shape index (κ2) is 11.3. The standard InChI is InChI=1S/C22H24Br2N4O4S/c1-27-6-8-28(9-7-27)18-5-4-13(21(30)32-3)10-17(18)25-22(33)26-20(29)15-11-14(23)12-16(24)19(15)31-2/h4-5,10-12H,6-9H2,1-3H3,(H2,25,26,29,33). The number of rotatable bonds is 5. The Hall–Kier alpha value is -2.21. The summed E-state index contributed by atoms with van der Waals surface area (Å²) in [6.45, 7) is 3.48. The van der Waals surface area contributed by atoms with Crippen molar-refractivity contribution in [2.24, 2.45) is 0 Å². The van der Waals surface area contributed by atoms with Crippen LogP contribution in [0.3, 0.4) is 0 Å². The summed E-state index contributed by atoms with van der Waals surface area (Å²) in [4.78, 5) is 29.5. The fourth-order valence-corrected chi connectivity index (χ4v) is 5.05. The lowest BCUT2D eigenvalue weighted by molar-refractivity contribution is 0.0600. The minimum atomic E-state index is -0.457. The number of nitrogens with zero attached hydrogens (tertiary/aromatic N) is 2. The van der Waals surface area contributed by atoms with Crippen molar-refractivity contribution >= 4 is 72.4 Å². The van der Waals surface area contributed by atoms with Gasteiger partial charge in [-0.2, -0.15) is 0 Å². The first-order valence-corrected chi connectivity index (χ1v) is 12.0. The van der Waals surface area contributed by atoms with Crippen LogP contribution in [0.2, 0.25) is 0 Å². The van der Waals surface area contributed by atoms with Crippen molar-refractivity contribution in [2.45, 2.75) is 0 Å². The molecule has 0 atom stereocenters. The van der Waals surface area contributed by atoms with E-state index in [9.17, 15) is 9.59 Å². The Morgan fingerprint density at radius 2 is 1.76 bits per heavy atom. The zero-order valence-corrected chi connectivity index (χ0v) is 22.4. The number of halogens is 2. The molecule has 33 heavy (non-hydrogen) atoms. The first-order valence-electron chi connectivity index (χ1n) is 10.0. The second-order valence-corrected chi connectivity index (χ2v) is 9.57. The highest BCUT2D eigenvalue weighted by molar-refractivity contribution is 9.11. The summed E-state index contributed by atoms with van der Waals surface area (Å²) < 4.78 is 11.6. The maximum absolute atomic E-state index is 12.9. The lowest BCUT2D eigenvalue weighted by Gasteiger charge is -2.35. The molecule has 0 unspecified atom stereocenters. The number of methoxy groups -OCH3 is 2. The van der Waals surface area contributed by atoms with Crippen molar-refractivity contribution < 1.29 is 19.1 Å². The lowest BCUT2D eigenvalue weighted by Crippen LogP contribution is -2.45. The fourth-order valence-electron chi connectivity index (χ4n) is 3.46. The Balaban J connectivity index is 1.84. The van der Waals surface area contributed by atoms with E-state index in [-0.39, 0.29) is 5.11 Å². The molecule has 0 aliphatic carbocycles. The minimum absolute atomic E-state index is 0.0931. The van der Waals surface area contributed by atoms with Crippen molar-refractivity contribution in [1.82, 2.24) is 10.2 Å². The molecule has 3 rings (SSSR count). The van der Waals surface area contributed by atoms with Gasteiger partial charge < -0.3 is 24.6 Å². The Labute approximate surface area is 214 Å². The number of nitrogens with one attached hydrogen (secondary N) is 2. The number of anilines is 2. The van der Waals surface area contributed by atoms with Crippen LogP contribution in [-0.2, 0) is 4.74 Å². The van der Waals surface area contributed by atoms with E-state index in [1.54, 1.807) is 24.3 Å². The molecule has 2 aromatic carbocycles. The highest BCUT2D eigenvalue weighted by atomic mass is 79.9. The number of ether oxygens (including phenoxy) is 2. The molecule has 176 valence electrons. The number of carbonyl (C=O) groups is 2. The van der Waals surface area contributed by atoms with Crippen LogP contribution in [0.25, 0.3) is 0 Å². The monoisotopic (exact) mass is 598 g/mol. The molecule has 1 saturated heterocycles. The molecule has 1 aliphatic rings. The SMILES string of the molecule is COC(=O)c1ccc(N2CCN(C)CC2)c(NC(=S)NC(=O)c2cc(Br)cc(Br)c2OC)c1. The molecule has 0 bridgehead atoms. The number of likely N-dealkylation sites (N-methyl/N-ethyl adjacent to an activating group) is 1. The zero-order chi connectivity index (χ0) is 24.1. The molecule has 8 nitrogen and oxygen atoms in total. The molecule has 1 fully saturated rings. The number of hydrogen-bond acceptors (Lipinski definition) is 7. The summed E-state index contributed by atoms with van der Waals surface area (Å²) >= 11 is 12.2. The third-order valence-corrected chi connectivity index (χ3v) is 6.45. The molecular formula is C22H24Br2N4O4S. The van der Waals surface area contributed by atoms with E-state index in [4.69, 9.17) is 21.7 Å². The Kier molecular flexibility index (Phi) is 8.69. The maximum atomic E-state index is 12.9. The van der Waals surface area contributed by atoms with Crippen LogP contribution in [0.15, 0.2) is 39.3 Å². The van der Waals surface area contributed by atoms with Gasteiger partial charge in [-0.3, -0.25) is 10.1 Å². The summed E-state index contributed by atoms with van der Waals surface area (Å²) in [7, 11) is 4.90. The van der Waals surface area contributed by atoms with Gasteiger partial charge in [-0.1, -0.05) is 15.9 Å². The van der Waals surface area contributed by atoms with E-state index in [0.29, 0.717) is 31.5 Å². The third kappa shape index (κ3) is 6.23. The Morgan fingerprint density at radius 3 is 2.39 bits per heavy atom. The molecule has 0 spiro atoms. The topological polar surface area (TPSA) is 83.1 Å². The molecule has 1 aliphatic heterocycles. The summed E-state index contributed by atoms with van der Waals surface area (Å²) in [6, 6.07) is 8.69. The van der Waals surface area contributed by atoms with E-state index in [1.807, 2.05) is 6.07 Å². The maximum Gasteiger partial charge on any atom is 0.337 e. The van der Waals surface area contributed by atoms with Gasteiger partial charge in [0.1, 0.15) is 5.75 Å². The van der Waals surface area contributed by atoms with Crippen molar-refractivity contribution in [1.29, 1.82) is 0 Å². The number of amides is 1. The highest BCUT2D eigenvalue weighted by Gasteiger charge is 2.21. The van der Waals surface area contributed by atoms with Crippen molar-refractivity contribution in [3.05, 3.63) is 50.4 Å². The van der Waals surface area contributed by atoms with Gasteiger partial charge >= 0.3 is 5.97 Å². The van der Waals surface area contributed by atoms with Crippen LogP contribution in [0.5, 0.6) is 5.75 Å². The number of piperazine rings is 1. The van der Waals surface area contributed by atoms with E-state index < -0.39 is 11.9 Å². The fraction of sp³-hybridized carbons (Fsp3) is 0.318. The number of benzene rings is 2. The van der Waals surface area contributed by atoms with E-state index in [1.165, 1.54) is 14.2 Å². The van der Waals surface area contributed by atoms with Crippen molar-refractivity contribution in [2.75, 3.05) is 57.7 Å². The van der Waals surface area contributed by atoms with Gasteiger partial charge in [0.2, 0.25) is 0 Å². The number of carbonyl (C=O) groups excluding carboxylic acids is 2. The van der Waals surface area contributed by atoms with Crippen LogP contribution in [0.4, 0.5) is 11.4 Å². The van der Waals surface area contributed by atoms with Gasteiger partial charge in [0, 0.05) is 30.7 Å². The smallest absolute Gasteiger partial charge is 0.337 e. The van der Waals surface area contributed by atoms with Crippen LogP contribution >= 0.6 is 44.1 Å². The summed E-state index contributed by atoms with van der Waals surface area (Å²) in [5.41, 5.74) is 2.18. The van der Waals surface area contributed by atoms with Gasteiger partial charge in [-0.15, -0.1) is 0 Å². The highest BCUT2D eigenvalue weighted by Crippen LogP contribution is 2.33. The third-order valence-electron chi connectivity index (χ3n) is 5.19. The molecule has 0 radical (unpaired) electrons. The quantitative estimate of drug-likeness (QED) is 0.396. The van der Waals surface area contributed by atoms with Gasteiger partial charge in [-0.25, -0.2) is 4.79 Å². The molecule has 0 saturated carbocycles. The normalized spacial score (nSPS) is 13.9. The van der Waals surface area contributed by atoms with E-state index >= 15 is 0 Å². The Bertz CT molecular complexity index is 1070. The predicted molar refractivity (Wildman–Crippen MR) is 140 cm³/mol. The summed E-state index contributed by atoms with van der Waals surface area (Å²) in [5.74, 6) is -0.498. The van der Waals surface area contributed by atoms with Crippen LogP contribution < -0.4 is 20.3 Å².